The van der Waals surface area contributed by atoms with Crippen molar-refractivity contribution in [2.24, 2.45) is 0 Å². The molecule has 1 atom stereocenters. The first-order valence-electron chi connectivity index (χ1n) is 8.50. The minimum Gasteiger partial charge on any atom is -0.356 e. The molecule has 0 unspecified atom stereocenters. The summed E-state index contributed by atoms with van der Waals surface area (Å²) >= 11 is 0. The second kappa shape index (κ2) is 6.99. The van der Waals surface area contributed by atoms with E-state index in [1.807, 2.05) is 6.07 Å². The molecule has 3 nitrogen and oxygen atoms in total. The third-order valence-electron chi connectivity index (χ3n) is 4.65. The molecule has 1 heterocycles. The number of anilines is 1. The topological polar surface area (TPSA) is 32.3 Å². The maximum Gasteiger partial charge on any atom is 0.256 e. The highest BCUT2D eigenvalue weighted by molar-refractivity contribution is 5.99. The van der Waals surface area contributed by atoms with Crippen LogP contribution in [-0.2, 0) is 6.54 Å². The van der Waals surface area contributed by atoms with Crippen LogP contribution in [0.3, 0.4) is 0 Å². The molecule has 0 fully saturated rings. The van der Waals surface area contributed by atoms with E-state index in [1.165, 1.54) is 4.90 Å². The van der Waals surface area contributed by atoms with Gasteiger partial charge < -0.3 is 10.2 Å². The van der Waals surface area contributed by atoms with E-state index >= 15 is 0 Å². The number of carbonyl (C=O) groups excluding carboxylic acids is 1. The van der Waals surface area contributed by atoms with Crippen LogP contribution in [0, 0.1) is 23.3 Å². The smallest absolute Gasteiger partial charge is 0.256 e. The van der Waals surface area contributed by atoms with Crippen molar-refractivity contribution in [2.45, 2.75) is 12.7 Å². The molecule has 7 heteroatoms. The van der Waals surface area contributed by atoms with Gasteiger partial charge in [0.05, 0.1) is 0 Å². The summed E-state index contributed by atoms with van der Waals surface area (Å²) in [7, 11) is 0. The number of nitrogens with zero attached hydrogens (tertiary/aromatic N) is 1. The summed E-state index contributed by atoms with van der Waals surface area (Å²) in [6.45, 7) is 0.146. The lowest BCUT2D eigenvalue weighted by Crippen LogP contribution is -2.32. The average Bonchev–Trinajstić information content (AvgIpc) is 2.96. The van der Waals surface area contributed by atoms with Gasteiger partial charge >= 0.3 is 0 Å². The second-order valence-corrected chi connectivity index (χ2v) is 6.40. The predicted molar refractivity (Wildman–Crippen MR) is 95.4 cm³/mol. The van der Waals surface area contributed by atoms with E-state index in [-0.39, 0.29) is 18.5 Å². The van der Waals surface area contributed by atoms with Gasteiger partial charge in [-0.05, 0) is 11.6 Å². The van der Waals surface area contributed by atoms with Crippen molar-refractivity contribution >= 4 is 11.6 Å². The van der Waals surface area contributed by atoms with Crippen molar-refractivity contribution in [1.29, 1.82) is 0 Å². The van der Waals surface area contributed by atoms with Gasteiger partial charge in [-0.3, -0.25) is 4.79 Å². The Morgan fingerprint density at radius 3 is 2.14 bits per heavy atom. The average molecular weight is 386 g/mol. The zero-order valence-electron chi connectivity index (χ0n) is 14.4. The van der Waals surface area contributed by atoms with Crippen molar-refractivity contribution < 1.29 is 22.4 Å². The summed E-state index contributed by atoms with van der Waals surface area (Å²) in [5.74, 6) is -6.48. The van der Waals surface area contributed by atoms with Crippen molar-refractivity contribution in [2.75, 3.05) is 5.32 Å². The number of fused-ring (bicyclic) bond motifs is 1. The lowest BCUT2D eigenvalue weighted by atomic mass is 10.1. The van der Waals surface area contributed by atoms with Crippen molar-refractivity contribution in [3.63, 3.8) is 0 Å². The SMILES string of the molecule is O=C1c2ccccc2[C@@H](Nc2c(F)c(F)cc(F)c2F)N1Cc1ccccc1. The van der Waals surface area contributed by atoms with Crippen LogP contribution in [0.25, 0.3) is 0 Å². The molecule has 142 valence electrons. The fourth-order valence-electron chi connectivity index (χ4n) is 3.31. The molecular formula is C21H14F4N2O. The molecule has 3 aromatic rings. The van der Waals surface area contributed by atoms with Crippen LogP contribution in [0.4, 0.5) is 23.2 Å². The van der Waals surface area contributed by atoms with Crippen molar-refractivity contribution in [3.05, 3.63) is 101 Å². The number of hydrogen-bond donors (Lipinski definition) is 1. The second-order valence-electron chi connectivity index (χ2n) is 6.40. The minimum absolute atomic E-state index is 0.144. The Balaban J connectivity index is 1.77. The molecule has 0 saturated heterocycles. The lowest BCUT2D eigenvalue weighted by molar-refractivity contribution is 0.0728. The van der Waals surface area contributed by atoms with Gasteiger partial charge in [-0.1, -0.05) is 48.5 Å². The molecule has 4 rings (SSSR count). The molecule has 0 saturated carbocycles. The van der Waals surface area contributed by atoms with Gasteiger partial charge in [-0.25, -0.2) is 17.6 Å². The maximum absolute atomic E-state index is 14.2. The van der Waals surface area contributed by atoms with E-state index in [2.05, 4.69) is 5.32 Å². The number of nitrogens with one attached hydrogen (secondary N) is 1. The molecule has 28 heavy (non-hydrogen) atoms. The van der Waals surface area contributed by atoms with Crippen LogP contribution in [-0.4, -0.2) is 10.8 Å². The zero-order valence-corrected chi connectivity index (χ0v) is 14.4. The van der Waals surface area contributed by atoms with Gasteiger partial charge in [0.15, 0.2) is 23.3 Å². The molecule has 0 spiro atoms. The lowest BCUT2D eigenvalue weighted by Gasteiger charge is -2.27. The summed E-state index contributed by atoms with van der Waals surface area (Å²) in [6, 6.07) is 15.7. The van der Waals surface area contributed by atoms with Gasteiger partial charge in [0.2, 0.25) is 0 Å². The van der Waals surface area contributed by atoms with E-state index in [0.29, 0.717) is 11.1 Å². The van der Waals surface area contributed by atoms with E-state index in [1.54, 1.807) is 48.5 Å². The molecule has 3 aromatic carbocycles. The molecule has 0 radical (unpaired) electrons. The molecule has 1 amide bonds. The normalized spacial score (nSPS) is 15.6. The third-order valence-corrected chi connectivity index (χ3v) is 4.65. The highest BCUT2D eigenvalue weighted by Crippen LogP contribution is 2.37. The summed E-state index contributed by atoms with van der Waals surface area (Å²) < 4.78 is 55.6. The van der Waals surface area contributed by atoms with E-state index < -0.39 is 35.1 Å². The molecule has 1 aliphatic heterocycles. The summed E-state index contributed by atoms with van der Waals surface area (Å²) in [5.41, 5.74) is 0.660. The molecule has 0 aliphatic carbocycles. The number of amides is 1. The van der Waals surface area contributed by atoms with Crippen molar-refractivity contribution in [1.82, 2.24) is 4.90 Å². The predicted octanol–water partition coefficient (Wildman–Crippen LogP) is 5.01. The Kier molecular flexibility index (Phi) is 4.50. The zero-order chi connectivity index (χ0) is 19.8. The first-order chi connectivity index (χ1) is 13.5. The Morgan fingerprint density at radius 1 is 0.857 bits per heavy atom. The summed E-state index contributed by atoms with van der Waals surface area (Å²) in [4.78, 5) is 14.2. The van der Waals surface area contributed by atoms with Gasteiger partial charge in [0.25, 0.3) is 5.91 Å². The number of rotatable bonds is 4. The van der Waals surface area contributed by atoms with E-state index in [4.69, 9.17) is 0 Å². The largest absolute Gasteiger partial charge is 0.356 e. The summed E-state index contributed by atoms with van der Waals surface area (Å²) in [6.07, 6.45) is -0.992. The van der Waals surface area contributed by atoms with Crippen LogP contribution >= 0.6 is 0 Å². The Labute approximate surface area is 158 Å². The van der Waals surface area contributed by atoms with Gasteiger partial charge in [-0.15, -0.1) is 0 Å². The highest BCUT2D eigenvalue weighted by Gasteiger charge is 2.37. The van der Waals surface area contributed by atoms with Gasteiger partial charge in [0.1, 0.15) is 11.9 Å². The maximum atomic E-state index is 14.2. The van der Waals surface area contributed by atoms with Crippen LogP contribution in [0.1, 0.15) is 27.7 Å². The molecule has 0 aromatic heterocycles. The standard InChI is InChI=1S/C21H14F4N2O/c22-15-10-16(23)18(25)19(17(15)24)26-20-13-8-4-5-9-14(13)21(28)27(20)11-12-6-2-1-3-7-12/h1-10,20,26H,11H2/t20-/m0/s1. The number of carbonyl (C=O) groups is 1. The highest BCUT2D eigenvalue weighted by atomic mass is 19.2. The molecule has 0 bridgehead atoms. The van der Waals surface area contributed by atoms with E-state index in [0.717, 1.165) is 5.56 Å². The Bertz CT molecular complexity index is 1030. The minimum atomic E-state index is -1.55. The first-order valence-corrected chi connectivity index (χ1v) is 8.50. The van der Waals surface area contributed by atoms with Crippen LogP contribution in [0.2, 0.25) is 0 Å². The number of hydrogen-bond acceptors (Lipinski definition) is 2. The fraction of sp³-hybridized carbons (Fsp3) is 0.0952. The summed E-state index contributed by atoms with van der Waals surface area (Å²) in [5, 5.41) is 2.49. The molecule has 1 N–H and O–H groups in total. The van der Waals surface area contributed by atoms with Crippen LogP contribution in [0.15, 0.2) is 60.7 Å². The quantitative estimate of drug-likeness (QED) is 0.505. The van der Waals surface area contributed by atoms with Crippen molar-refractivity contribution in [3.8, 4) is 0 Å². The van der Waals surface area contributed by atoms with Crippen LogP contribution in [0.5, 0.6) is 0 Å². The number of benzene rings is 3. The fourth-order valence-corrected chi connectivity index (χ4v) is 3.31. The molecule has 1 aliphatic rings. The Hall–Kier alpha value is -3.35. The van der Waals surface area contributed by atoms with Crippen LogP contribution < -0.4 is 5.32 Å². The number of halogens is 4. The first kappa shape index (κ1) is 18.0. The van der Waals surface area contributed by atoms with Gasteiger partial charge in [0, 0.05) is 23.7 Å². The monoisotopic (exact) mass is 386 g/mol. The Morgan fingerprint density at radius 2 is 1.46 bits per heavy atom. The third kappa shape index (κ3) is 2.98. The van der Waals surface area contributed by atoms with Gasteiger partial charge in [-0.2, -0.15) is 0 Å². The molecular weight excluding hydrogens is 372 g/mol. The van der Waals surface area contributed by atoms with E-state index in [9.17, 15) is 22.4 Å².